The first-order valence-corrected chi connectivity index (χ1v) is 6.29. The Labute approximate surface area is 106 Å². The third-order valence-electron chi connectivity index (χ3n) is 2.05. The fraction of sp³-hybridized carbons (Fsp3) is 0.222. The standard InChI is InChI=1S/C9H10F3N3O3S/c10-9(11,12)6-3-1-2-4-7(6)19(17,18)14-5-8(13)15-16/h1-4,14,16H,5H2,(H2,13,15). The minimum Gasteiger partial charge on any atom is -0.409 e. The Hall–Kier alpha value is -1.81. The van der Waals surface area contributed by atoms with Crippen molar-refractivity contribution >= 4 is 15.9 Å². The van der Waals surface area contributed by atoms with E-state index in [0.717, 1.165) is 18.2 Å². The lowest BCUT2D eigenvalue weighted by Crippen LogP contribution is -2.34. The summed E-state index contributed by atoms with van der Waals surface area (Å²) in [7, 11) is -4.42. The van der Waals surface area contributed by atoms with Crippen LogP contribution in [0.25, 0.3) is 0 Å². The number of sulfonamides is 1. The van der Waals surface area contributed by atoms with E-state index in [0.29, 0.717) is 6.07 Å². The molecule has 0 aromatic heterocycles. The Morgan fingerprint density at radius 3 is 2.47 bits per heavy atom. The van der Waals surface area contributed by atoms with Gasteiger partial charge in [0, 0.05) is 0 Å². The van der Waals surface area contributed by atoms with E-state index in [9.17, 15) is 21.6 Å². The van der Waals surface area contributed by atoms with E-state index in [4.69, 9.17) is 10.9 Å². The first kappa shape index (κ1) is 15.2. The van der Waals surface area contributed by atoms with Gasteiger partial charge in [0.15, 0.2) is 5.84 Å². The van der Waals surface area contributed by atoms with Gasteiger partial charge in [0.1, 0.15) is 0 Å². The van der Waals surface area contributed by atoms with Crippen molar-refractivity contribution in [2.75, 3.05) is 6.54 Å². The van der Waals surface area contributed by atoms with Crippen LogP contribution < -0.4 is 10.5 Å². The lowest BCUT2D eigenvalue weighted by molar-refractivity contribution is -0.139. The van der Waals surface area contributed by atoms with Crippen LogP contribution in [0.15, 0.2) is 34.3 Å². The zero-order valence-electron chi connectivity index (χ0n) is 9.35. The zero-order valence-corrected chi connectivity index (χ0v) is 10.2. The van der Waals surface area contributed by atoms with Gasteiger partial charge in [0.2, 0.25) is 10.0 Å². The van der Waals surface area contributed by atoms with E-state index in [1.165, 1.54) is 0 Å². The molecule has 0 fully saturated rings. The molecular formula is C9H10F3N3O3S. The first-order chi connectivity index (χ1) is 8.68. The highest BCUT2D eigenvalue weighted by Crippen LogP contribution is 2.33. The van der Waals surface area contributed by atoms with E-state index in [2.05, 4.69) is 5.16 Å². The smallest absolute Gasteiger partial charge is 0.409 e. The van der Waals surface area contributed by atoms with Crippen molar-refractivity contribution in [2.45, 2.75) is 11.1 Å². The maximum absolute atomic E-state index is 12.7. The number of halogens is 3. The fourth-order valence-corrected chi connectivity index (χ4v) is 2.44. The Kier molecular flexibility index (Phi) is 4.37. The second-order valence-corrected chi connectivity index (χ2v) is 5.15. The lowest BCUT2D eigenvalue weighted by Gasteiger charge is -2.13. The maximum atomic E-state index is 12.7. The highest BCUT2D eigenvalue weighted by Gasteiger charge is 2.36. The van der Waals surface area contributed by atoms with Crippen LogP contribution in [-0.4, -0.2) is 26.0 Å². The molecule has 1 rings (SSSR count). The van der Waals surface area contributed by atoms with Crippen LogP contribution in [0.1, 0.15) is 5.56 Å². The molecule has 0 unspecified atom stereocenters. The molecule has 0 saturated carbocycles. The molecule has 1 aromatic rings. The first-order valence-electron chi connectivity index (χ1n) is 4.81. The van der Waals surface area contributed by atoms with Gasteiger partial charge in [0.25, 0.3) is 0 Å². The van der Waals surface area contributed by atoms with E-state index in [1.807, 2.05) is 0 Å². The predicted molar refractivity (Wildman–Crippen MR) is 60.0 cm³/mol. The van der Waals surface area contributed by atoms with Crippen LogP contribution in [0.3, 0.4) is 0 Å². The number of hydrogen-bond acceptors (Lipinski definition) is 4. The van der Waals surface area contributed by atoms with E-state index < -0.39 is 39.0 Å². The third-order valence-corrected chi connectivity index (χ3v) is 3.51. The highest BCUT2D eigenvalue weighted by atomic mass is 32.2. The monoisotopic (exact) mass is 297 g/mol. The number of alkyl halides is 3. The molecule has 0 spiro atoms. The molecule has 0 amide bonds. The number of oxime groups is 1. The average Bonchev–Trinajstić information content (AvgIpc) is 2.35. The second kappa shape index (κ2) is 5.45. The molecule has 4 N–H and O–H groups in total. The van der Waals surface area contributed by atoms with Gasteiger partial charge >= 0.3 is 6.18 Å². The van der Waals surface area contributed by atoms with Gasteiger partial charge in [0.05, 0.1) is 17.0 Å². The van der Waals surface area contributed by atoms with Gasteiger partial charge in [-0.05, 0) is 12.1 Å². The molecule has 0 aliphatic carbocycles. The summed E-state index contributed by atoms with van der Waals surface area (Å²) in [5.41, 5.74) is 3.74. The van der Waals surface area contributed by atoms with Gasteiger partial charge in [-0.25, -0.2) is 13.1 Å². The SMILES string of the molecule is N/C(CNS(=O)(=O)c1ccccc1C(F)(F)F)=N\O. The molecule has 0 bridgehead atoms. The molecule has 10 heteroatoms. The van der Waals surface area contributed by atoms with Crippen molar-refractivity contribution in [3.8, 4) is 0 Å². The van der Waals surface area contributed by atoms with Crippen LogP contribution in [0.4, 0.5) is 13.2 Å². The summed E-state index contributed by atoms with van der Waals surface area (Å²) in [5, 5.41) is 10.7. The van der Waals surface area contributed by atoms with Gasteiger partial charge in [-0.2, -0.15) is 13.2 Å². The molecule has 0 aliphatic rings. The van der Waals surface area contributed by atoms with Gasteiger partial charge in [-0.3, -0.25) is 0 Å². The lowest BCUT2D eigenvalue weighted by atomic mass is 10.2. The van der Waals surface area contributed by atoms with Crippen molar-refractivity contribution < 1.29 is 26.8 Å². The van der Waals surface area contributed by atoms with Crippen LogP contribution in [-0.2, 0) is 16.2 Å². The molecule has 0 atom stereocenters. The number of hydrogen-bond donors (Lipinski definition) is 3. The van der Waals surface area contributed by atoms with Crippen LogP contribution in [0.5, 0.6) is 0 Å². The molecule has 0 radical (unpaired) electrons. The molecular weight excluding hydrogens is 287 g/mol. The number of nitrogens with zero attached hydrogens (tertiary/aromatic N) is 1. The normalized spacial score (nSPS) is 13.5. The number of amidine groups is 1. The molecule has 1 aromatic carbocycles. The summed E-state index contributed by atoms with van der Waals surface area (Å²) in [5.74, 6) is -0.479. The quantitative estimate of drug-likeness (QED) is 0.330. The molecule has 0 aliphatic heterocycles. The Balaban J connectivity index is 3.16. The van der Waals surface area contributed by atoms with Crippen molar-refractivity contribution in [1.29, 1.82) is 0 Å². The average molecular weight is 297 g/mol. The van der Waals surface area contributed by atoms with Gasteiger partial charge in [-0.1, -0.05) is 17.3 Å². The summed E-state index contributed by atoms with van der Waals surface area (Å²) in [4.78, 5) is -0.923. The van der Waals surface area contributed by atoms with E-state index in [-0.39, 0.29) is 0 Å². The van der Waals surface area contributed by atoms with Crippen LogP contribution >= 0.6 is 0 Å². The van der Waals surface area contributed by atoms with E-state index in [1.54, 1.807) is 4.72 Å². The largest absolute Gasteiger partial charge is 0.417 e. The van der Waals surface area contributed by atoms with E-state index >= 15 is 0 Å². The van der Waals surface area contributed by atoms with Gasteiger partial charge in [-0.15, -0.1) is 0 Å². The Morgan fingerprint density at radius 2 is 1.95 bits per heavy atom. The summed E-state index contributed by atoms with van der Waals surface area (Å²) in [6.07, 6.45) is -4.80. The summed E-state index contributed by atoms with van der Waals surface area (Å²) >= 11 is 0. The molecule has 0 saturated heterocycles. The van der Waals surface area contributed by atoms with Crippen LogP contribution in [0.2, 0.25) is 0 Å². The minimum atomic E-state index is -4.80. The third kappa shape index (κ3) is 3.83. The maximum Gasteiger partial charge on any atom is 0.417 e. The molecule has 0 heterocycles. The van der Waals surface area contributed by atoms with Crippen molar-refractivity contribution in [2.24, 2.45) is 10.9 Å². The zero-order chi connectivity index (χ0) is 14.7. The second-order valence-electron chi connectivity index (χ2n) is 3.41. The minimum absolute atomic E-state index is 0.479. The number of rotatable bonds is 4. The Morgan fingerprint density at radius 1 is 1.37 bits per heavy atom. The van der Waals surface area contributed by atoms with Crippen LogP contribution in [0, 0.1) is 0 Å². The molecule has 19 heavy (non-hydrogen) atoms. The van der Waals surface area contributed by atoms with Crippen molar-refractivity contribution in [3.05, 3.63) is 29.8 Å². The summed E-state index contributed by atoms with van der Waals surface area (Å²) in [6, 6.07) is 3.70. The fourth-order valence-electron chi connectivity index (χ4n) is 1.22. The highest BCUT2D eigenvalue weighted by molar-refractivity contribution is 7.89. The van der Waals surface area contributed by atoms with Gasteiger partial charge < -0.3 is 10.9 Å². The molecule has 106 valence electrons. The number of nitrogens with two attached hydrogens (primary N) is 1. The number of benzene rings is 1. The number of nitrogens with one attached hydrogen (secondary N) is 1. The predicted octanol–water partition coefficient (Wildman–Crippen LogP) is 0.730. The topological polar surface area (TPSA) is 105 Å². The summed E-state index contributed by atoms with van der Waals surface area (Å²) < 4.78 is 63.2. The summed E-state index contributed by atoms with van der Waals surface area (Å²) in [6.45, 7) is -0.606. The molecule has 6 nitrogen and oxygen atoms in total. The Bertz CT molecular complexity index is 584. The van der Waals surface area contributed by atoms with Crippen molar-refractivity contribution in [1.82, 2.24) is 4.72 Å². The van der Waals surface area contributed by atoms with Crippen molar-refractivity contribution in [3.63, 3.8) is 0 Å².